The molecular weight excluding hydrogens is 402 g/mol. The highest BCUT2D eigenvalue weighted by atomic mass is 19.2. The van der Waals surface area contributed by atoms with Gasteiger partial charge >= 0.3 is 0 Å². The molecule has 0 spiro atoms. The minimum atomic E-state index is -0.858. The van der Waals surface area contributed by atoms with Crippen LogP contribution in [0.1, 0.15) is 69.9 Å². The zero-order chi connectivity index (χ0) is 23.0. The van der Waals surface area contributed by atoms with Crippen molar-refractivity contribution in [2.75, 3.05) is 13.1 Å². The predicted octanol–water partition coefficient (Wildman–Crippen LogP) is 7.04. The standard InChI is InChI=1S/C28H36F2N2/c1-3-18-32(19-16-23-9-5-4-6-10-23)22(2)15-17-28(21-31,24-11-7-8-12-24)25-13-14-26(29)27(30)20-25/h4-6,9-10,13-14,20,22,24H,3,7-8,11-12,15-19H2,1-2H3. The molecule has 1 saturated carbocycles. The summed E-state index contributed by atoms with van der Waals surface area (Å²) in [5.74, 6) is -1.51. The van der Waals surface area contributed by atoms with Gasteiger partial charge in [0.1, 0.15) is 0 Å². The summed E-state index contributed by atoms with van der Waals surface area (Å²) in [5, 5.41) is 10.4. The van der Waals surface area contributed by atoms with Crippen LogP contribution in [0.15, 0.2) is 48.5 Å². The van der Waals surface area contributed by atoms with Crippen molar-refractivity contribution >= 4 is 0 Å². The average Bonchev–Trinajstić information content (AvgIpc) is 3.35. The molecule has 2 aromatic rings. The first-order valence-corrected chi connectivity index (χ1v) is 12.1. The zero-order valence-corrected chi connectivity index (χ0v) is 19.5. The van der Waals surface area contributed by atoms with Crippen molar-refractivity contribution in [3.63, 3.8) is 0 Å². The molecule has 0 heterocycles. The van der Waals surface area contributed by atoms with Crippen LogP contribution in [0.2, 0.25) is 0 Å². The van der Waals surface area contributed by atoms with Crippen LogP contribution >= 0.6 is 0 Å². The van der Waals surface area contributed by atoms with E-state index < -0.39 is 17.0 Å². The molecule has 2 nitrogen and oxygen atoms in total. The lowest BCUT2D eigenvalue weighted by molar-refractivity contribution is 0.184. The fourth-order valence-corrected chi connectivity index (χ4v) is 5.36. The van der Waals surface area contributed by atoms with Crippen molar-refractivity contribution in [2.24, 2.45) is 5.92 Å². The maximum atomic E-state index is 14.1. The molecule has 0 amide bonds. The monoisotopic (exact) mass is 438 g/mol. The number of nitriles is 1. The minimum Gasteiger partial charge on any atom is -0.300 e. The molecule has 2 atom stereocenters. The Labute approximate surface area is 192 Å². The van der Waals surface area contributed by atoms with Crippen molar-refractivity contribution in [2.45, 2.75) is 76.7 Å². The first-order valence-electron chi connectivity index (χ1n) is 12.1. The van der Waals surface area contributed by atoms with Crippen LogP contribution in [-0.2, 0) is 11.8 Å². The summed E-state index contributed by atoms with van der Waals surface area (Å²) < 4.78 is 27.8. The van der Waals surface area contributed by atoms with E-state index in [1.807, 2.05) is 6.07 Å². The molecule has 2 unspecified atom stereocenters. The van der Waals surface area contributed by atoms with Crippen molar-refractivity contribution < 1.29 is 8.78 Å². The second kappa shape index (κ2) is 11.6. The average molecular weight is 439 g/mol. The molecule has 32 heavy (non-hydrogen) atoms. The zero-order valence-electron chi connectivity index (χ0n) is 19.5. The van der Waals surface area contributed by atoms with Gasteiger partial charge in [-0.1, -0.05) is 56.2 Å². The molecule has 1 fully saturated rings. The van der Waals surface area contributed by atoms with Gasteiger partial charge in [-0.25, -0.2) is 8.78 Å². The molecule has 3 rings (SSSR count). The topological polar surface area (TPSA) is 27.0 Å². The Hall–Kier alpha value is -2.25. The molecule has 0 bridgehead atoms. The van der Waals surface area contributed by atoms with Crippen molar-refractivity contribution in [3.8, 4) is 6.07 Å². The molecule has 0 aliphatic heterocycles. The van der Waals surface area contributed by atoms with Gasteiger partial charge < -0.3 is 4.90 Å². The Morgan fingerprint density at radius 2 is 1.78 bits per heavy atom. The van der Waals surface area contributed by atoms with Crippen LogP contribution in [0.25, 0.3) is 0 Å². The maximum absolute atomic E-state index is 14.1. The highest BCUT2D eigenvalue weighted by Crippen LogP contribution is 2.45. The van der Waals surface area contributed by atoms with E-state index in [-0.39, 0.29) is 5.92 Å². The Morgan fingerprint density at radius 1 is 1.06 bits per heavy atom. The summed E-state index contributed by atoms with van der Waals surface area (Å²) in [4.78, 5) is 2.51. The molecule has 0 aromatic heterocycles. The quantitative estimate of drug-likeness (QED) is 0.376. The van der Waals surface area contributed by atoms with Gasteiger partial charge in [-0.2, -0.15) is 5.26 Å². The number of rotatable bonds is 11. The van der Waals surface area contributed by atoms with E-state index in [0.717, 1.165) is 58.0 Å². The van der Waals surface area contributed by atoms with Gasteiger partial charge in [0, 0.05) is 12.6 Å². The Morgan fingerprint density at radius 3 is 2.41 bits per heavy atom. The third-order valence-electron chi connectivity index (χ3n) is 7.31. The Kier molecular flexibility index (Phi) is 8.82. The number of hydrogen-bond acceptors (Lipinski definition) is 2. The molecule has 1 aliphatic rings. The van der Waals surface area contributed by atoms with E-state index >= 15 is 0 Å². The highest BCUT2D eigenvalue weighted by Gasteiger charge is 2.42. The van der Waals surface area contributed by atoms with Crippen LogP contribution in [0.5, 0.6) is 0 Å². The predicted molar refractivity (Wildman–Crippen MR) is 126 cm³/mol. The summed E-state index contributed by atoms with van der Waals surface area (Å²) >= 11 is 0. The molecule has 2 aromatic carbocycles. The summed E-state index contributed by atoms with van der Waals surface area (Å²) in [6.07, 6.45) is 7.78. The fourth-order valence-electron chi connectivity index (χ4n) is 5.36. The lowest BCUT2D eigenvalue weighted by Crippen LogP contribution is -2.39. The molecule has 4 heteroatoms. The molecule has 0 radical (unpaired) electrons. The van der Waals surface area contributed by atoms with E-state index in [2.05, 4.69) is 49.1 Å². The molecule has 0 N–H and O–H groups in total. The number of nitrogens with zero attached hydrogens (tertiary/aromatic N) is 2. The fraction of sp³-hybridized carbons (Fsp3) is 0.536. The van der Waals surface area contributed by atoms with Crippen LogP contribution in [0.3, 0.4) is 0 Å². The number of halogens is 2. The third-order valence-corrected chi connectivity index (χ3v) is 7.31. The molecular formula is C28H36F2N2. The maximum Gasteiger partial charge on any atom is 0.159 e. The van der Waals surface area contributed by atoms with Gasteiger partial charge in [0.2, 0.25) is 0 Å². The summed E-state index contributed by atoms with van der Waals surface area (Å²) in [6.45, 7) is 6.43. The summed E-state index contributed by atoms with van der Waals surface area (Å²) in [5.41, 5.74) is 1.22. The summed E-state index contributed by atoms with van der Waals surface area (Å²) in [6, 6.07) is 17.5. The SMILES string of the molecule is CCCN(CCc1ccccc1)C(C)CCC(C#N)(c1ccc(F)c(F)c1)C1CCCC1. The van der Waals surface area contributed by atoms with Gasteiger partial charge in [0.05, 0.1) is 11.5 Å². The Balaban J connectivity index is 1.76. The van der Waals surface area contributed by atoms with Crippen LogP contribution in [0.4, 0.5) is 8.78 Å². The van der Waals surface area contributed by atoms with E-state index in [1.54, 1.807) is 6.07 Å². The largest absolute Gasteiger partial charge is 0.300 e. The van der Waals surface area contributed by atoms with Gasteiger partial charge in [0.25, 0.3) is 0 Å². The number of benzene rings is 2. The number of hydrogen-bond donors (Lipinski definition) is 0. The van der Waals surface area contributed by atoms with Crippen LogP contribution < -0.4 is 0 Å². The Bertz CT molecular complexity index is 886. The van der Waals surface area contributed by atoms with E-state index in [0.29, 0.717) is 18.0 Å². The highest BCUT2D eigenvalue weighted by molar-refractivity contribution is 5.35. The second-order valence-corrected chi connectivity index (χ2v) is 9.35. The normalized spacial score (nSPS) is 17.2. The molecule has 172 valence electrons. The third kappa shape index (κ3) is 5.75. The minimum absolute atomic E-state index is 0.202. The van der Waals surface area contributed by atoms with Gasteiger partial charge in [-0.05, 0) is 81.2 Å². The van der Waals surface area contributed by atoms with Gasteiger partial charge in [0.15, 0.2) is 11.6 Å². The van der Waals surface area contributed by atoms with Crippen LogP contribution in [-0.4, -0.2) is 24.0 Å². The van der Waals surface area contributed by atoms with Gasteiger partial charge in [-0.3, -0.25) is 0 Å². The first kappa shape index (κ1) is 24.4. The molecule has 0 saturated heterocycles. The van der Waals surface area contributed by atoms with Crippen molar-refractivity contribution in [3.05, 3.63) is 71.3 Å². The second-order valence-electron chi connectivity index (χ2n) is 9.35. The lowest BCUT2D eigenvalue weighted by Gasteiger charge is -2.36. The molecule has 1 aliphatic carbocycles. The smallest absolute Gasteiger partial charge is 0.159 e. The lowest BCUT2D eigenvalue weighted by atomic mass is 9.67. The van der Waals surface area contributed by atoms with E-state index in [4.69, 9.17) is 0 Å². The first-order chi connectivity index (χ1) is 15.5. The van der Waals surface area contributed by atoms with Gasteiger partial charge in [-0.15, -0.1) is 0 Å². The van der Waals surface area contributed by atoms with Crippen LogP contribution in [0, 0.1) is 28.9 Å². The van der Waals surface area contributed by atoms with Crippen molar-refractivity contribution in [1.82, 2.24) is 4.90 Å². The summed E-state index contributed by atoms with van der Waals surface area (Å²) in [7, 11) is 0. The van der Waals surface area contributed by atoms with E-state index in [1.165, 1.54) is 17.7 Å². The van der Waals surface area contributed by atoms with E-state index in [9.17, 15) is 14.0 Å². The van der Waals surface area contributed by atoms with Crippen molar-refractivity contribution in [1.29, 1.82) is 5.26 Å².